The summed E-state index contributed by atoms with van der Waals surface area (Å²) in [5, 5.41) is 10.4. The molecule has 3 nitrogen and oxygen atoms in total. The number of allylic oxidation sites excluding steroid dienone is 2. The first-order valence-electron chi connectivity index (χ1n) is 6.86. The van der Waals surface area contributed by atoms with Gasteiger partial charge < -0.3 is 14.6 Å². The van der Waals surface area contributed by atoms with Crippen molar-refractivity contribution in [3.05, 3.63) is 24.3 Å². The third kappa shape index (κ3) is 2.04. The highest BCUT2D eigenvalue weighted by molar-refractivity contribution is 5.23. The van der Waals surface area contributed by atoms with Crippen LogP contribution in [0.1, 0.15) is 26.7 Å². The first kappa shape index (κ1) is 12.4. The Morgan fingerprint density at radius 1 is 1.50 bits per heavy atom. The molecule has 1 spiro atoms. The fraction of sp³-hybridized carbons (Fsp3) is 0.733. The smallest absolute Gasteiger partial charge is 0.146 e. The number of hydrogen-bond acceptors (Lipinski definition) is 3. The summed E-state index contributed by atoms with van der Waals surface area (Å²) >= 11 is 0. The second kappa shape index (κ2) is 4.19. The first-order chi connectivity index (χ1) is 8.53. The van der Waals surface area contributed by atoms with Crippen LogP contribution in [-0.4, -0.2) is 35.6 Å². The SMILES string of the molecule is C=C1/C=C/[C@@H](C(C)C)C[C@@H](O)[C@]2(CO2)[C@H]2O[C@H]2C1. The van der Waals surface area contributed by atoms with E-state index in [0.29, 0.717) is 18.4 Å². The Balaban J connectivity index is 1.82. The highest BCUT2D eigenvalue weighted by atomic mass is 16.7. The van der Waals surface area contributed by atoms with E-state index in [4.69, 9.17) is 9.47 Å². The van der Waals surface area contributed by atoms with Gasteiger partial charge in [0.15, 0.2) is 0 Å². The molecule has 3 heteroatoms. The summed E-state index contributed by atoms with van der Waals surface area (Å²) in [6, 6.07) is 0. The van der Waals surface area contributed by atoms with Crippen LogP contribution in [0.25, 0.3) is 0 Å². The highest BCUT2D eigenvalue weighted by Crippen LogP contribution is 2.49. The van der Waals surface area contributed by atoms with Gasteiger partial charge in [-0.1, -0.05) is 38.2 Å². The van der Waals surface area contributed by atoms with Gasteiger partial charge in [0.25, 0.3) is 0 Å². The van der Waals surface area contributed by atoms with E-state index in [1.54, 1.807) is 0 Å². The van der Waals surface area contributed by atoms with Crippen molar-refractivity contribution in [1.29, 1.82) is 0 Å². The minimum absolute atomic E-state index is 0.0727. The van der Waals surface area contributed by atoms with Crippen LogP contribution >= 0.6 is 0 Å². The van der Waals surface area contributed by atoms with E-state index in [1.807, 2.05) is 0 Å². The summed E-state index contributed by atoms with van der Waals surface area (Å²) in [4.78, 5) is 0. The standard InChI is InChI=1S/C15H22O3/c1-9(2)11-5-4-10(3)6-12-14(18-12)15(8-17-15)13(16)7-11/h4-5,9,11-14,16H,3,6-8H2,1-2H3/b5-4+/t11-,12+,13-,14+,15-/m1/s1. The van der Waals surface area contributed by atoms with Gasteiger partial charge in [0.1, 0.15) is 11.7 Å². The largest absolute Gasteiger partial charge is 0.390 e. The molecule has 0 unspecified atom stereocenters. The second-order valence-electron chi connectivity index (χ2n) is 6.22. The van der Waals surface area contributed by atoms with E-state index < -0.39 is 11.7 Å². The lowest BCUT2D eigenvalue weighted by Gasteiger charge is -2.25. The van der Waals surface area contributed by atoms with Crippen molar-refractivity contribution in [1.82, 2.24) is 0 Å². The van der Waals surface area contributed by atoms with Crippen molar-refractivity contribution in [2.75, 3.05) is 6.61 Å². The Bertz CT molecular complexity index is 381. The van der Waals surface area contributed by atoms with Gasteiger partial charge in [0, 0.05) is 6.42 Å². The molecule has 2 heterocycles. The second-order valence-corrected chi connectivity index (χ2v) is 6.22. The summed E-state index contributed by atoms with van der Waals surface area (Å²) < 4.78 is 11.3. The Labute approximate surface area is 108 Å². The zero-order valence-electron chi connectivity index (χ0n) is 11.1. The molecule has 100 valence electrons. The predicted molar refractivity (Wildman–Crippen MR) is 69.2 cm³/mol. The molecule has 2 fully saturated rings. The Morgan fingerprint density at radius 3 is 2.83 bits per heavy atom. The van der Waals surface area contributed by atoms with E-state index in [1.165, 1.54) is 0 Å². The number of fused-ring (bicyclic) bond motifs is 2. The molecule has 0 saturated carbocycles. The molecule has 3 rings (SSSR count). The van der Waals surface area contributed by atoms with Crippen LogP contribution in [0.5, 0.6) is 0 Å². The minimum atomic E-state index is -0.420. The lowest BCUT2D eigenvalue weighted by Crippen LogP contribution is -2.38. The van der Waals surface area contributed by atoms with Crippen LogP contribution < -0.4 is 0 Å². The van der Waals surface area contributed by atoms with Crippen molar-refractivity contribution in [2.24, 2.45) is 11.8 Å². The monoisotopic (exact) mass is 250 g/mol. The van der Waals surface area contributed by atoms with Gasteiger partial charge >= 0.3 is 0 Å². The molecule has 0 aromatic rings. The molecule has 3 aliphatic rings. The van der Waals surface area contributed by atoms with Crippen molar-refractivity contribution in [2.45, 2.75) is 50.6 Å². The average Bonchev–Trinajstić information content (AvgIpc) is 3.15. The van der Waals surface area contributed by atoms with E-state index in [0.717, 1.165) is 18.4 Å². The van der Waals surface area contributed by atoms with Crippen LogP contribution in [0.2, 0.25) is 0 Å². The van der Waals surface area contributed by atoms with Crippen LogP contribution in [0, 0.1) is 11.8 Å². The highest BCUT2D eigenvalue weighted by Gasteiger charge is 2.67. The van der Waals surface area contributed by atoms with Gasteiger partial charge in [0.2, 0.25) is 0 Å². The van der Waals surface area contributed by atoms with Gasteiger partial charge in [-0.2, -0.15) is 0 Å². The lowest BCUT2D eigenvalue weighted by molar-refractivity contribution is 0.0383. The summed E-state index contributed by atoms with van der Waals surface area (Å²) in [5.41, 5.74) is 0.698. The van der Waals surface area contributed by atoms with E-state index >= 15 is 0 Å². The Hall–Kier alpha value is -0.640. The molecule has 0 aromatic carbocycles. The topological polar surface area (TPSA) is 45.3 Å². The van der Waals surface area contributed by atoms with Gasteiger partial charge in [-0.05, 0) is 18.3 Å². The summed E-state index contributed by atoms with van der Waals surface area (Å²) in [7, 11) is 0. The Morgan fingerprint density at radius 2 is 2.22 bits per heavy atom. The summed E-state index contributed by atoms with van der Waals surface area (Å²) in [6.45, 7) is 9.09. The molecule has 18 heavy (non-hydrogen) atoms. The van der Waals surface area contributed by atoms with Crippen LogP contribution in [0.4, 0.5) is 0 Å². The summed E-state index contributed by atoms with van der Waals surface area (Å²) in [5.74, 6) is 0.878. The fourth-order valence-corrected chi connectivity index (χ4v) is 2.97. The molecule has 2 saturated heterocycles. The third-order valence-corrected chi connectivity index (χ3v) is 4.50. The van der Waals surface area contributed by atoms with E-state index in [2.05, 4.69) is 32.6 Å². The number of rotatable bonds is 1. The number of hydrogen-bond donors (Lipinski definition) is 1. The number of epoxide rings is 2. The molecular weight excluding hydrogens is 228 g/mol. The van der Waals surface area contributed by atoms with Gasteiger partial charge in [-0.15, -0.1) is 0 Å². The average molecular weight is 250 g/mol. The van der Waals surface area contributed by atoms with Crippen LogP contribution in [0.3, 0.4) is 0 Å². The minimum Gasteiger partial charge on any atom is -0.390 e. The van der Waals surface area contributed by atoms with Crippen molar-refractivity contribution >= 4 is 0 Å². The van der Waals surface area contributed by atoms with Gasteiger partial charge in [-0.25, -0.2) is 0 Å². The molecule has 0 amide bonds. The van der Waals surface area contributed by atoms with E-state index in [-0.39, 0.29) is 12.2 Å². The first-order valence-corrected chi connectivity index (χ1v) is 6.86. The normalized spacial score (nSPS) is 49.0. The van der Waals surface area contributed by atoms with Crippen molar-refractivity contribution in [3.63, 3.8) is 0 Å². The van der Waals surface area contributed by atoms with Crippen molar-refractivity contribution < 1.29 is 14.6 Å². The number of aliphatic hydroxyl groups is 1. The van der Waals surface area contributed by atoms with Crippen LogP contribution in [-0.2, 0) is 9.47 Å². The zero-order valence-corrected chi connectivity index (χ0v) is 11.1. The number of aliphatic hydroxyl groups excluding tert-OH is 1. The maximum atomic E-state index is 10.4. The fourth-order valence-electron chi connectivity index (χ4n) is 2.97. The van der Waals surface area contributed by atoms with E-state index in [9.17, 15) is 5.11 Å². The maximum Gasteiger partial charge on any atom is 0.146 e. The molecule has 0 bridgehead atoms. The molecule has 1 N–H and O–H groups in total. The quantitative estimate of drug-likeness (QED) is 0.725. The van der Waals surface area contributed by atoms with Gasteiger partial charge in [-0.3, -0.25) is 0 Å². The molecule has 5 atom stereocenters. The summed E-state index contributed by atoms with van der Waals surface area (Å²) in [6.07, 6.45) is 5.73. The van der Waals surface area contributed by atoms with Crippen LogP contribution in [0.15, 0.2) is 24.3 Å². The molecule has 0 radical (unpaired) electrons. The molecule has 1 aliphatic carbocycles. The molecular formula is C15H22O3. The third-order valence-electron chi connectivity index (χ3n) is 4.50. The Kier molecular flexibility index (Phi) is 2.88. The molecule has 2 aliphatic heterocycles. The van der Waals surface area contributed by atoms with Gasteiger partial charge in [0.05, 0.1) is 18.8 Å². The maximum absolute atomic E-state index is 10.4. The zero-order chi connectivity index (χ0) is 12.9. The lowest BCUT2D eigenvalue weighted by atomic mass is 9.82. The predicted octanol–water partition coefficient (Wildman–Crippen LogP) is 2.06. The number of ether oxygens (including phenoxy) is 2. The molecule has 0 aromatic heterocycles. The van der Waals surface area contributed by atoms with Crippen molar-refractivity contribution in [3.8, 4) is 0 Å².